The fraction of sp³-hybridized carbons (Fsp3) is 0.571. The zero-order valence-electron chi connectivity index (χ0n) is 17.0. The normalized spacial score (nSPS) is 11.5. The van der Waals surface area contributed by atoms with Gasteiger partial charge in [-0.25, -0.2) is 0 Å². The van der Waals surface area contributed by atoms with Gasteiger partial charge in [0.15, 0.2) is 0 Å². The van der Waals surface area contributed by atoms with Gasteiger partial charge in [0.1, 0.15) is 11.8 Å². The second-order valence-electron chi connectivity index (χ2n) is 6.84. The van der Waals surface area contributed by atoms with Crippen LogP contribution in [0.5, 0.6) is 5.75 Å². The van der Waals surface area contributed by atoms with Crippen LogP contribution in [0.15, 0.2) is 24.3 Å². The number of benzene rings is 1. The van der Waals surface area contributed by atoms with Crippen molar-refractivity contribution in [3.8, 4) is 5.75 Å². The highest BCUT2D eigenvalue weighted by Crippen LogP contribution is 2.12. The standard InChI is InChI=1S/C21H33N3O4/c1-3-4-5-6-7-11-19(25)24-18(21(22)27)15-20(26)23-13-12-16-9-8-10-17(14-16)28-2/h8-10,14,18H,3-7,11-13,15H2,1-2H3,(H2,22,27)(H,23,26)(H,24,25). The van der Waals surface area contributed by atoms with Crippen LogP contribution in [-0.2, 0) is 20.8 Å². The number of nitrogens with one attached hydrogen (secondary N) is 2. The van der Waals surface area contributed by atoms with Crippen molar-refractivity contribution >= 4 is 17.7 Å². The summed E-state index contributed by atoms with van der Waals surface area (Å²) in [6.07, 6.45) is 5.95. The Morgan fingerprint density at radius 2 is 1.86 bits per heavy atom. The number of carbonyl (C=O) groups excluding carboxylic acids is 3. The third-order valence-corrected chi connectivity index (χ3v) is 4.45. The van der Waals surface area contributed by atoms with Gasteiger partial charge in [0.2, 0.25) is 17.7 Å². The number of amides is 3. The van der Waals surface area contributed by atoms with Gasteiger partial charge in [-0.1, -0.05) is 44.7 Å². The summed E-state index contributed by atoms with van der Waals surface area (Å²) >= 11 is 0. The number of nitrogens with two attached hydrogens (primary N) is 1. The molecule has 7 nitrogen and oxygen atoms in total. The van der Waals surface area contributed by atoms with E-state index in [1.165, 1.54) is 0 Å². The van der Waals surface area contributed by atoms with E-state index in [0.29, 0.717) is 19.4 Å². The van der Waals surface area contributed by atoms with Gasteiger partial charge in [0.25, 0.3) is 0 Å². The summed E-state index contributed by atoms with van der Waals surface area (Å²) in [6.45, 7) is 2.55. The molecule has 1 unspecified atom stereocenters. The molecule has 4 N–H and O–H groups in total. The molecule has 1 atom stereocenters. The highest BCUT2D eigenvalue weighted by atomic mass is 16.5. The predicted molar refractivity (Wildman–Crippen MR) is 109 cm³/mol. The van der Waals surface area contributed by atoms with Gasteiger partial charge in [-0.3, -0.25) is 14.4 Å². The minimum absolute atomic E-state index is 0.158. The van der Waals surface area contributed by atoms with E-state index < -0.39 is 11.9 Å². The Hall–Kier alpha value is -2.57. The Morgan fingerprint density at radius 3 is 2.54 bits per heavy atom. The van der Waals surface area contributed by atoms with Crippen molar-refractivity contribution in [2.24, 2.45) is 5.73 Å². The van der Waals surface area contributed by atoms with Crippen LogP contribution in [0, 0.1) is 0 Å². The van der Waals surface area contributed by atoms with Gasteiger partial charge in [-0.05, 0) is 30.5 Å². The summed E-state index contributed by atoms with van der Waals surface area (Å²) in [5.41, 5.74) is 6.36. The smallest absolute Gasteiger partial charge is 0.240 e. The van der Waals surface area contributed by atoms with Crippen LogP contribution in [-0.4, -0.2) is 37.4 Å². The lowest BCUT2D eigenvalue weighted by Crippen LogP contribution is -2.47. The number of hydrogen-bond acceptors (Lipinski definition) is 4. The predicted octanol–water partition coefficient (Wildman–Crippen LogP) is 2.07. The second-order valence-corrected chi connectivity index (χ2v) is 6.84. The van der Waals surface area contributed by atoms with Gasteiger partial charge in [0.05, 0.1) is 13.5 Å². The zero-order chi connectivity index (χ0) is 20.8. The highest BCUT2D eigenvalue weighted by Gasteiger charge is 2.21. The zero-order valence-corrected chi connectivity index (χ0v) is 17.0. The summed E-state index contributed by atoms with van der Waals surface area (Å²) in [4.78, 5) is 35.6. The highest BCUT2D eigenvalue weighted by molar-refractivity contribution is 5.91. The molecule has 0 aromatic heterocycles. The Kier molecular flexibility index (Phi) is 11.4. The molecular formula is C21H33N3O4. The van der Waals surface area contributed by atoms with E-state index in [1.54, 1.807) is 7.11 Å². The molecule has 0 spiro atoms. The van der Waals surface area contributed by atoms with E-state index in [-0.39, 0.29) is 18.2 Å². The fourth-order valence-electron chi connectivity index (χ4n) is 2.81. The number of unbranched alkanes of at least 4 members (excludes halogenated alkanes) is 4. The lowest BCUT2D eigenvalue weighted by molar-refractivity contribution is -0.130. The van der Waals surface area contributed by atoms with Crippen molar-refractivity contribution in [1.29, 1.82) is 0 Å². The molecule has 0 saturated carbocycles. The Bertz CT molecular complexity index is 634. The van der Waals surface area contributed by atoms with Crippen LogP contribution in [0.3, 0.4) is 0 Å². The van der Waals surface area contributed by atoms with E-state index in [1.807, 2.05) is 24.3 Å². The Balaban J connectivity index is 2.34. The molecule has 1 rings (SSSR count). The maximum atomic E-state index is 12.1. The Labute approximate surface area is 167 Å². The Morgan fingerprint density at radius 1 is 1.11 bits per heavy atom. The number of hydrogen-bond donors (Lipinski definition) is 3. The van der Waals surface area contributed by atoms with Crippen LogP contribution in [0.4, 0.5) is 0 Å². The molecule has 0 aliphatic carbocycles. The second kappa shape index (κ2) is 13.6. The molecule has 156 valence electrons. The van der Waals surface area contributed by atoms with Crippen molar-refractivity contribution < 1.29 is 19.1 Å². The van der Waals surface area contributed by atoms with Crippen molar-refractivity contribution in [2.75, 3.05) is 13.7 Å². The number of ether oxygens (including phenoxy) is 1. The maximum absolute atomic E-state index is 12.1. The van der Waals surface area contributed by atoms with Crippen LogP contribution in [0.2, 0.25) is 0 Å². The van der Waals surface area contributed by atoms with E-state index in [0.717, 1.165) is 43.4 Å². The minimum Gasteiger partial charge on any atom is -0.497 e. The summed E-state index contributed by atoms with van der Waals surface area (Å²) in [6, 6.07) is 6.60. The number of carbonyl (C=O) groups is 3. The van der Waals surface area contributed by atoms with Crippen LogP contribution >= 0.6 is 0 Å². The third kappa shape index (κ3) is 9.94. The average molecular weight is 392 g/mol. The largest absolute Gasteiger partial charge is 0.497 e. The first-order valence-electron chi connectivity index (χ1n) is 9.94. The first kappa shape index (κ1) is 23.5. The number of rotatable bonds is 14. The van der Waals surface area contributed by atoms with Crippen LogP contribution in [0.25, 0.3) is 0 Å². The first-order valence-corrected chi connectivity index (χ1v) is 9.94. The quantitative estimate of drug-likeness (QED) is 0.422. The molecule has 7 heteroatoms. The molecule has 1 aromatic carbocycles. The fourth-order valence-corrected chi connectivity index (χ4v) is 2.81. The number of methoxy groups -OCH3 is 1. The summed E-state index contributed by atoms with van der Waals surface area (Å²) in [7, 11) is 1.60. The van der Waals surface area contributed by atoms with Crippen LogP contribution in [0.1, 0.15) is 57.4 Å². The molecule has 0 saturated heterocycles. The van der Waals surface area contributed by atoms with E-state index in [9.17, 15) is 14.4 Å². The summed E-state index contributed by atoms with van der Waals surface area (Å²) in [5, 5.41) is 5.33. The molecule has 0 fully saturated rings. The van der Waals surface area contributed by atoms with Gasteiger partial charge in [0, 0.05) is 13.0 Å². The molecule has 0 heterocycles. The van der Waals surface area contributed by atoms with E-state index in [2.05, 4.69) is 17.6 Å². The van der Waals surface area contributed by atoms with Crippen molar-refractivity contribution in [3.05, 3.63) is 29.8 Å². The topological polar surface area (TPSA) is 111 Å². The first-order chi connectivity index (χ1) is 13.5. The number of primary amides is 1. The molecule has 3 amide bonds. The summed E-state index contributed by atoms with van der Waals surface area (Å²) in [5.74, 6) is -0.517. The maximum Gasteiger partial charge on any atom is 0.240 e. The van der Waals surface area contributed by atoms with Crippen LogP contribution < -0.4 is 21.1 Å². The van der Waals surface area contributed by atoms with Gasteiger partial charge in [-0.15, -0.1) is 0 Å². The van der Waals surface area contributed by atoms with E-state index in [4.69, 9.17) is 10.5 Å². The molecule has 1 aromatic rings. The minimum atomic E-state index is -0.986. The van der Waals surface area contributed by atoms with Crippen molar-refractivity contribution in [3.63, 3.8) is 0 Å². The summed E-state index contributed by atoms with van der Waals surface area (Å²) < 4.78 is 5.17. The molecule has 0 aliphatic heterocycles. The molecular weight excluding hydrogens is 358 g/mol. The van der Waals surface area contributed by atoms with Crippen molar-refractivity contribution in [1.82, 2.24) is 10.6 Å². The average Bonchev–Trinajstić information content (AvgIpc) is 2.67. The third-order valence-electron chi connectivity index (χ3n) is 4.45. The SMILES string of the molecule is CCCCCCCC(=O)NC(CC(=O)NCCc1cccc(OC)c1)C(N)=O. The van der Waals surface area contributed by atoms with Gasteiger partial charge in [-0.2, -0.15) is 0 Å². The van der Waals surface area contributed by atoms with Gasteiger partial charge >= 0.3 is 0 Å². The van der Waals surface area contributed by atoms with E-state index >= 15 is 0 Å². The molecule has 28 heavy (non-hydrogen) atoms. The van der Waals surface area contributed by atoms with Crippen molar-refractivity contribution in [2.45, 2.75) is 64.3 Å². The van der Waals surface area contributed by atoms with Gasteiger partial charge < -0.3 is 21.1 Å². The monoisotopic (exact) mass is 391 g/mol. The lowest BCUT2D eigenvalue weighted by Gasteiger charge is -2.15. The lowest BCUT2D eigenvalue weighted by atomic mass is 10.1. The molecule has 0 bridgehead atoms. The molecule has 0 radical (unpaired) electrons. The molecule has 0 aliphatic rings.